The van der Waals surface area contributed by atoms with Gasteiger partial charge in [0.1, 0.15) is 34.5 Å². The molecule has 0 saturated heterocycles. The lowest BCUT2D eigenvalue weighted by Crippen LogP contribution is -2.05. The molecule has 0 N–H and O–H groups in total. The maximum Gasteiger partial charge on any atom is 0.530 e. The number of fused-ring (bicyclic) bond motifs is 1. The molecular formula is C33H42O12P2. The minimum atomic E-state index is -4.11. The van der Waals surface area contributed by atoms with Crippen molar-refractivity contribution in [2.75, 3.05) is 54.9 Å². The van der Waals surface area contributed by atoms with Crippen LogP contribution in [0.3, 0.4) is 0 Å². The van der Waals surface area contributed by atoms with E-state index in [1.54, 1.807) is 86.5 Å². The van der Waals surface area contributed by atoms with Crippen LogP contribution in [-0.2, 0) is 31.7 Å². The van der Waals surface area contributed by atoms with Crippen molar-refractivity contribution in [2.45, 2.75) is 33.6 Å². The van der Waals surface area contributed by atoms with E-state index in [2.05, 4.69) is 0 Å². The van der Waals surface area contributed by atoms with Crippen LogP contribution in [0, 0.1) is 0 Å². The first-order valence-corrected chi connectivity index (χ1v) is 18.0. The van der Waals surface area contributed by atoms with Gasteiger partial charge in [0.15, 0.2) is 0 Å². The molecule has 0 aromatic heterocycles. The molecule has 12 nitrogen and oxygen atoms in total. The number of ether oxygens (including phenoxy) is 4. The van der Waals surface area contributed by atoms with E-state index in [-0.39, 0.29) is 37.9 Å². The third kappa shape index (κ3) is 8.15. The predicted molar refractivity (Wildman–Crippen MR) is 178 cm³/mol. The van der Waals surface area contributed by atoms with Crippen LogP contribution in [0.25, 0.3) is 11.3 Å². The Morgan fingerprint density at radius 1 is 0.574 bits per heavy atom. The fraction of sp³-hybridized carbons (Fsp3) is 0.394. The van der Waals surface area contributed by atoms with E-state index >= 15 is 0 Å². The summed E-state index contributed by atoms with van der Waals surface area (Å²) < 4.78 is 83.6. The van der Waals surface area contributed by atoms with Crippen LogP contribution in [0.5, 0.6) is 28.7 Å². The molecule has 1 atom stereocenters. The Hall–Kier alpha value is -3.50. The lowest BCUT2D eigenvalue weighted by molar-refractivity contribution is 0.159. The zero-order valence-electron chi connectivity index (χ0n) is 27.9. The number of allylic oxidation sites excluding steroid dienone is 1. The SMILES string of the molecule is CCOP(=O)(OCC)OC1=C(c2cc(OC)cc(OC)c2)C(c2ccc(OP(=O)(OCC)OCC)cc2)c2c(OC)cc(OC)cc21. The Bertz CT molecular complexity index is 1610. The maximum atomic E-state index is 14.0. The highest BCUT2D eigenvalue weighted by molar-refractivity contribution is 7.49. The minimum Gasteiger partial charge on any atom is -0.497 e. The number of rotatable bonds is 18. The van der Waals surface area contributed by atoms with Gasteiger partial charge in [0, 0.05) is 34.8 Å². The van der Waals surface area contributed by atoms with Crippen molar-refractivity contribution in [3.05, 3.63) is 76.9 Å². The molecular weight excluding hydrogens is 650 g/mol. The number of methoxy groups -OCH3 is 4. The van der Waals surface area contributed by atoms with Crippen molar-refractivity contribution in [3.63, 3.8) is 0 Å². The first-order valence-electron chi connectivity index (χ1n) is 15.1. The fourth-order valence-electron chi connectivity index (χ4n) is 5.26. The fourth-order valence-corrected chi connectivity index (χ4v) is 7.69. The molecule has 0 radical (unpaired) electrons. The van der Waals surface area contributed by atoms with Crippen LogP contribution in [0.1, 0.15) is 55.9 Å². The molecule has 4 rings (SSSR count). The van der Waals surface area contributed by atoms with Crippen molar-refractivity contribution in [2.24, 2.45) is 0 Å². The number of hydrogen-bond acceptors (Lipinski definition) is 12. The highest BCUT2D eigenvalue weighted by Gasteiger charge is 2.42. The molecule has 1 aliphatic rings. The summed E-state index contributed by atoms with van der Waals surface area (Å²) in [5, 5.41) is 0. The molecule has 0 spiro atoms. The van der Waals surface area contributed by atoms with E-state index in [0.717, 1.165) is 5.56 Å². The minimum absolute atomic E-state index is 0.0827. The van der Waals surface area contributed by atoms with Crippen LogP contribution in [-0.4, -0.2) is 54.9 Å². The second-order valence-corrected chi connectivity index (χ2v) is 13.1. The predicted octanol–water partition coefficient (Wildman–Crippen LogP) is 8.49. The summed E-state index contributed by atoms with van der Waals surface area (Å²) in [6.07, 6.45) is 0. The van der Waals surface area contributed by atoms with Gasteiger partial charge in [-0.1, -0.05) is 12.1 Å². The number of phosphoric acid groups is 2. The Labute approximate surface area is 276 Å². The summed E-state index contributed by atoms with van der Waals surface area (Å²) in [5.41, 5.74) is 3.28. The average molecular weight is 693 g/mol. The molecule has 47 heavy (non-hydrogen) atoms. The van der Waals surface area contributed by atoms with E-state index < -0.39 is 21.6 Å². The molecule has 0 heterocycles. The van der Waals surface area contributed by atoms with Crippen LogP contribution in [0.4, 0.5) is 0 Å². The van der Waals surface area contributed by atoms with E-state index in [4.69, 9.17) is 46.1 Å². The van der Waals surface area contributed by atoms with E-state index in [0.29, 0.717) is 45.3 Å². The van der Waals surface area contributed by atoms with E-state index in [1.807, 2.05) is 24.3 Å². The summed E-state index contributed by atoms with van der Waals surface area (Å²) in [6, 6.07) is 15.9. The molecule has 1 aliphatic carbocycles. The molecule has 0 saturated carbocycles. The summed E-state index contributed by atoms with van der Waals surface area (Å²) in [4.78, 5) is 0. The van der Waals surface area contributed by atoms with Crippen molar-refractivity contribution in [1.82, 2.24) is 0 Å². The zero-order valence-corrected chi connectivity index (χ0v) is 29.7. The maximum absolute atomic E-state index is 14.0. The summed E-state index contributed by atoms with van der Waals surface area (Å²) in [5.74, 6) is 1.98. The van der Waals surface area contributed by atoms with Crippen LogP contribution >= 0.6 is 15.6 Å². The summed E-state index contributed by atoms with van der Waals surface area (Å²) in [7, 11) is -1.74. The van der Waals surface area contributed by atoms with Gasteiger partial charge in [-0.25, -0.2) is 9.13 Å². The third-order valence-electron chi connectivity index (χ3n) is 7.08. The Morgan fingerprint density at radius 2 is 1.06 bits per heavy atom. The lowest BCUT2D eigenvalue weighted by atomic mass is 9.84. The van der Waals surface area contributed by atoms with Gasteiger partial charge in [-0.05, 0) is 69.2 Å². The summed E-state index contributed by atoms with van der Waals surface area (Å²) >= 11 is 0. The quantitative estimate of drug-likeness (QED) is 0.119. The van der Waals surface area contributed by atoms with E-state index in [1.165, 1.54) is 0 Å². The first kappa shape index (κ1) is 36.3. The van der Waals surface area contributed by atoms with Crippen LogP contribution in [0.15, 0.2) is 54.6 Å². The van der Waals surface area contributed by atoms with Crippen LogP contribution in [0.2, 0.25) is 0 Å². The number of hydrogen-bond donors (Lipinski definition) is 0. The largest absolute Gasteiger partial charge is 0.530 e. The highest BCUT2D eigenvalue weighted by atomic mass is 31.2. The van der Waals surface area contributed by atoms with Gasteiger partial charge in [-0.2, -0.15) is 0 Å². The molecule has 3 aromatic carbocycles. The topological polar surface area (TPSA) is 126 Å². The smallest absolute Gasteiger partial charge is 0.497 e. The van der Waals surface area contributed by atoms with Gasteiger partial charge < -0.3 is 28.0 Å². The molecule has 14 heteroatoms. The van der Waals surface area contributed by atoms with Crippen LogP contribution < -0.4 is 23.5 Å². The van der Waals surface area contributed by atoms with Crippen molar-refractivity contribution in [1.29, 1.82) is 0 Å². The van der Waals surface area contributed by atoms with Gasteiger partial charge in [0.25, 0.3) is 0 Å². The Kier molecular flexibility index (Phi) is 12.4. The Balaban J connectivity index is 2.02. The van der Waals surface area contributed by atoms with Gasteiger partial charge in [-0.3, -0.25) is 18.1 Å². The number of phosphoric ester groups is 2. The standard InChI is InChI=1S/C33H42O12P2/c1-9-40-46(34,41-10-2)44-24-15-13-22(14-16-24)30-31(23-17-25(36-5)19-26(18-23)37-6)33(45-47(35,42-11-3)43-12-4)28-20-27(38-7)21-29(39-8)32(28)30/h13-21,30H,9-12H2,1-8H3. The first-order chi connectivity index (χ1) is 22.6. The second kappa shape index (κ2) is 16.1. The molecule has 0 amide bonds. The molecule has 256 valence electrons. The average Bonchev–Trinajstić information content (AvgIpc) is 3.37. The number of benzene rings is 3. The molecule has 0 bridgehead atoms. The molecule has 0 aliphatic heterocycles. The van der Waals surface area contributed by atoms with E-state index in [9.17, 15) is 9.13 Å². The summed E-state index contributed by atoms with van der Waals surface area (Å²) in [6.45, 7) is 7.27. The zero-order chi connectivity index (χ0) is 34.2. The third-order valence-corrected chi connectivity index (χ3v) is 10.2. The highest BCUT2D eigenvalue weighted by Crippen LogP contribution is 2.61. The van der Waals surface area contributed by atoms with Crippen molar-refractivity contribution < 1.29 is 55.2 Å². The molecule has 3 aromatic rings. The van der Waals surface area contributed by atoms with Crippen molar-refractivity contribution in [3.8, 4) is 28.7 Å². The van der Waals surface area contributed by atoms with Crippen molar-refractivity contribution >= 4 is 27.0 Å². The molecule has 0 fully saturated rings. The normalized spacial score (nSPS) is 14.5. The second-order valence-electron chi connectivity index (χ2n) is 9.89. The Morgan fingerprint density at radius 3 is 1.53 bits per heavy atom. The molecule has 1 unspecified atom stereocenters. The van der Waals surface area contributed by atoms with Gasteiger partial charge in [-0.15, -0.1) is 0 Å². The van der Waals surface area contributed by atoms with Gasteiger partial charge >= 0.3 is 15.6 Å². The van der Waals surface area contributed by atoms with Gasteiger partial charge in [0.2, 0.25) is 0 Å². The monoisotopic (exact) mass is 692 g/mol. The van der Waals surface area contributed by atoms with Gasteiger partial charge in [0.05, 0.1) is 54.9 Å². The lowest BCUT2D eigenvalue weighted by Gasteiger charge is -2.22.